The van der Waals surface area contributed by atoms with Gasteiger partial charge in [-0.2, -0.15) is 0 Å². The van der Waals surface area contributed by atoms with E-state index in [9.17, 15) is 0 Å². The Morgan fingerprint density at radius 1 is 1.33 bits per heavy atom. The van der Waals surface area contributed by atoms with E-state index >= 15 is 0 Å². The predicted octanol–water partition coefficient (Wildman–Crippen LogP) is 2.05. The standard InChI is InChI=1S/C10H13N3O2/c1-3-7(11)9-12-13-10(15-9)8-5-4-6(2)14-8/h4-5,7H,3,11H2,1-2H3. The third-order valence-corrected chi connectivity index (χ3v) is 2.15. The topological polar surface area (TPSA) is 78.1 Å². The number of rotatable bonds is 3. The summed E-state index contributed by atoms with van der Waals surface area (Å²) in [4.78, 5) is 0. The van der Waals surface area contributed by atoms with E-state index in [-0.39, 0.29) is 6.04 Å². The van der Waals surface area contributed by atoms with E-state index in [1.54, 1.807) is 6.07 Å². The lowest BCUT2D eigenvalue weighted by Gasteiger charge is -1.99. The molecule has 2 aromatic rings. The zero-order valence-electron chi connectivity index (χ0n) is 8.73. The summed E-state index contributed by atoms with van der Waals surface area (Å²) >= 11 is 0. The van der Waals surface area contributed by atoms with E-state index in [0.717, 1.165) is 12.2 Å². The number of furan rings is 1. The van der Waals surface area contributed by atoms with Crippen LogP contribution in [0.5, 0.6) is 0 Å². The van der Waals surface area contributed by atoms with Gasteiger partial charge in [0.05, 0.1) is 6.04 Å². The van der Waals surface area contributed by atoms with Crippen LogP contribution in [0.15, 0.2) is 21.0 Å². The molecule has 0 saturated carbocycles. The number of hydrogen-bond acceptors (Lipinski definition) is 5. The third kappa shape index (κ3) is 1.92. The molecule has 2 aromatic heterocycles. The van der Waals surface area contributed by atoms with Crippen molar-refractivity contribution in [3.8, 4) is 11.7 Å². The Morgan fingerprint density at radius 3 is 2.73 bits per heavy atom. The van der Waals surface area contributed by atoms with Crippen LogP contribution in [-0.2, 0) is 0 Å². The molecule has 0 spiro atoms. The molecular weight excluding hydrogens is 194 g/mol. The lowest BCUT2D eigenvalue weighted by atomic mass is 10.2. The second kappa shape index (κ2) is 3.86. The highest BCUT2D eigenvalue weighted by molar-refractivity contribution is 5.43. The molecule has 0 radical (unpaired) electrons. The molecule has 80 valence electrons. The van der Waals surface area contributed by atoms with Gasteiger partial charge < -0.3 is 14.6 Å². The van der Waals surface area contributed by atoms with E-state index < -0.39 is 0 Å². The first kappa shape index (κ1) is 9.92. The first-order valence-corrected chi connectivity index (χ1v) is 4.86. The van der Waals surface area contributed by atoms with Crippen LogP contribution in [0, 0.1) is 6.92 Å². The molecule has 0 aromatic carbocycles. The monoisotopic (exact) mass is 207 g/mol. The van der Waals surface area contributed by atoms with Crippen LogP contribution in [0.4, 0.5) is 0 Å². The van der Waals surface area contributed by atoms with Gasteiger partial charge in [-0.25, -0.2) is 0 Å². The summed E-state index contributed by atoms with van der Waals surface area (Å²) in [5.41, 5.74) is 5.76. The van der Waals surface area contributed by atoms with Gasteiger partial charge in [0.25, 0.3) is 5.89 Å². The lowest BCUT2D eigenvalue weighted by molar-refractivity contribution is 0.437. The molecule has 5 heteroatoms. The fourth-order valence-electron chi connectivity index (χ4n) is 1.21. The molecule has 0 bridgehead atoms. The van der Waals surface area contributed by atoms with Gasteiger partial charge in [-0.05, 0) is 25.5 Å². The van der Waals surface area contributed by atoms with Crippen LogP contribution >= 0.6 is 0 Å². The molecule has 0 aliphatic carbocycles. The summed E-state index contributed by atoms with van der Waals surface area (Å²) < 4.78 is 10.8. The summed E-state index contributed by atoms with van der Waals surface area (Å²) in [7, 11) is 0. The molecule has 15 heavy (non-hydrogen) atoms. The van der Waals surface area contributed by atoms with Crippen molar-refractivity contribution < 1.29 is 8.83 Å². The summed E-state index contributed by atoms with van der Waals surface area (Å²) in [5, 5.41) is 7.75. The minimum Gasteiger partial charge on any atom is -0.456 e. The second-order valence-corrected chi connectivity index (χ2v) is 3.37. The maximum atomic E-state index is 5.76. The van der Waals surface area contributed by atoms with Crippen LogP contribution in [0.3, 0.4) is 0 Å². The molecule has 5 nitrogen and oxygen atoms in total. The quantitative estimate of drug-likeness (QED) is 0.833. The average molecular weight is 207 g/mol. The number of aryl methyl sites for hydroxylation is 1. The molecule has 2 rings (SSSR count). The van der Waals surface area contributed by atoms with Crippen molar-refractivity contribution in [2.75, 3.05) is 0 Å². The normalized spacial score (nSPS) is 13.0. The Morgan fingerprint density at radius 2 is 2.13 bits per heavy atom. The predicted molar refractivity (Wildman–Crippen MR) is 54.0 cm³/mol. The molecular formula is C10H13N3O2. The molecule has 1 atom stereocenters. The highest BCUT2D eigenvalue weighted by Gasteiger charge is 2.15. The van der Waals surface area contributed by atoms with Gasteiger partial charge in [0.15, 0.2) is 5.76 Å². The largest absolute Gasteiger partial charge is 0.456 e. The zero-order chi connectivity index (χ0) is 10.8. The van der Waals surface area contributed by atoms with Crippen molar-refractivity contribution in [2.24, 2.45) is 5.73 Å². The van der Waals surface area contributed by atoms with Gasteiger partial charge in [0.2, 0.25) is 5.89 Å². The Labute approximate surface area is 87.3 Å². The van der Waals surface area contributed by atoms with Crippen LogP contribution in [0.2, 0.25) is 0 Å². The van der Waals surface area contributed by atoms with E-state index in [1.165, 1.54) is 0 Å². The van der Waals surface area contributed by atoms with Crippen molar-refractivity contribution in [2.45, 2.75) is 26.3 Å². The van der Waals surface area contributed by atoms with E-state index in [2.05, 4.69) is 10.2 Å². The van der Waals surface area contributed by atoms with E-state index in [1.807, 2.05) is 19.9 Å². The highest BCUT2D eigenvalue weighted by atomic mass is 16.4. The van der Waals surface area contributed by atoms with Gasteiger partial charge in [0.1, 0.15) is 5.76 Å². The third-order valence-electron chi connectivity index (χ3n) is 2.15. The fourth-order valence-corrected chi connectivity index (χ4v) is 1.21. The summed E-state index contributed by atoms with van der Waals surface area (Å²) in [6.45, 7) is 3.82. The Bertz CT molecular complexity index is 447. The molecule has 0 aliphatic rings. The maximum absolute atomic E-state index is 5.76. The van der Waals surface area contributed by atoms with E-state index in [0.29, 0.717) is 17.5 Å². The Balaban J connectivity index is 2.27. The smallest absolute Gasteiger partial charge is 0.283 e. The van der Waals surface area contributed by atoms with Crippen LogP contribution < -0.4 is 5.73 Å². The number of nitrogens with two attached hydrogens (primary N) is 1. The number of hydrogen-bond donors (Lipinski definition) is 1. The Kier molecular flexibility index (Phi) is 2.55. The molecule has 0 fully saturated rings. The first-order valence-electron chi connectivity index (χ1n) is 4.86. The lowest BCUT2D eigenvalue weighted by Crippen LogP contribution is -2.08. The van der Waals surface area contributed by atoms with Gasteiger partial charge in [-0.3, -0.25) is 0 Å². The maximum Gasteiger partial charge on any atom is 0.283 e. The zero-order valence-corrected chi connectivity index (χ0v) is 8.73. The van der Waals surface area contributed by atoms with Gasteiger partial charge in [-0.1, -0.05) is 6.92 Å². The highest BCUT2D eigenvalue weighted by Crippen LogP contribution is 2.22. The van der Waals surface area contributed by atoms with Crippen molar-refractivity contribution in [1.82, 2.24) is 10.2 Å². The minimum absolute atomic E-state index is 0.206. The molecule has 0 aliphatic heterocycles. The Hall–Kier alpha value is -1.62. The molecule has 2 N–H and O–H groups in total. The van der Waals surface area contributed by atoms with Gasteiger partial charge in [0, 0.05) is 0 Å². The summed E-state index contributed by atoms with van der Waals surface area (Å²) in [6.07, 6.45) is 0.763. The number of nitrogens with zero attached hydrogens (tertiary/aromatic N) is 2. The SMILES string of the molecule is CCC(N)c1nnc(-c2ccc(C)o2)o1. The van der Waals surface area contributed by atoms with Crippen LogP contribution in [-0.4, -0.2) is 10.2 Å². The van der Waals surface area contributed by atoms with Gasteiger partial charge >= 0.3 is 0 Å². The fraction of sp³-hybridized carbons (Fsp3) is 0.400. The van der Waals surface area contributed by atoms with E-state index in [4.69, 9.17) is 14.6 Å². The van der Waals surface area contributed by atoms with Crippen molar-refractivity contribution in [3.63, 3.8) is 0 Å². The number of aromatic nitrogens is 2. The first-order chi connectivity index (χ1) is 7.20. The molecule has 1 unspecified atom stereocenters. The second-order valence-electron chi connectivity index (χ2n) is 3.37. The summed E-state index contributed by atoms with van der Waals surface area (Å²) in [5.74, 6) is 2.21. The average Bonchev–Trinajstić information content (AvgIpc) is 2.84. The minimum atomic E-state index is -0.206. The molecule has 0 saturated heterocycles. The van der Waals surface area contributed by atoms with Gasteiger partial charge in [-0.15, -0.1) is 10.2 Å². The molecule has 0 amide bonds. The van der Waals surface area contributed by atoms with Crippen molar-refractivity contribution in [3.05, 3.63) is 23.8 Å². The van der Waals surface area contributed by atoms with Crippen LogP contribution in [0.25, 0.3) is 11.7 Å². The van der Waals surface area contributed by atoms with Crippen molar-refractivity contribution in [1.29, 1.82) is 0 Å². The van der Waals surface area contributed by atoms with Crippen LogP contribution in [0.1, 0.15) is 31.0 Å². The molecule has 2 heterocycles. The summed E-state index contributed by atoms with van der Waals surface area (Å²) in [6, 6.07) is 3.44. The van der Waals surface area contributed by atoms with Crippen molar-refractivity contribution >= 4 is 0 Å².